The van der Waals surface area contributed by atoms with Crippen LogP contribution in [-0.2, 0) is 9.53 Å². The lowest BCUT2D eigenvalue weighted by molar-refractivity contribution is -0.153. The van der Waals surface area contributed by atoms with Gasteiger partial charge in [-0.05, 0) is 44.9 Å². The molecule has 1 N–H and O–H groups in total. The first kappa shape index (κ1) is 12.9. The first-order valence-corrected chi connectivity index (χ1v) is 7.18. The Morgan fingerprint density at radius 3 is 2.35 bits per heavy atom. The van der Waals surface area contributed by atoms with Gasteiger partial charge in [-0.15, -0.1) is 0 Å². The molecule has 17 heavy (non-hydrogen) atoms. The van der Waals surface area contributed by atoms with Crippen molar-refractivity contribution in [2.45, 2.75) is 70.4 Å². The van der Waals surface area contributed by atoms with E-state index in [1.165, 1.54) is 38.5 Å². The Hall–Kier alpha value is -0.570. The Bertz CT molecular complexity index is 269. The molecule has 0 radical (unpaired) electrons. The van der Waals surface area contributed by atoms with Gasteiger partial charge in [0.25, 0.3) is 0 Å². The first-order chi connectivity index (χ1) is 8.23. The number of nitrogens with one attached hydrogen (secondary N) is 1. The van der Waals surface area contributed by atoms with Crippen molar-refractivity contribution in [1.29, 1.82) is 0 Å². The minimum absolute atomic E-state index is 0.0168. The van der Waals surface area contributed by atoms with E-state index in [2.05, 4.69) is 12.2 Å². The summed E-state index contributed by atoms with van der Waals surface area (Å²) in [5.41, 5.74) is -0.384. The second-order valence-corrected chi connectivity index (χ2v) is 5.45. The van der Waals surface area contributed by atoms with E-state index in [1.54, 1.807) is 0 Å². The molecule has 0 spiro atoms. The lowest BCUT2D eigenvalue weighted by Crippen LogP contribution is -2.57. The molecule has 0 bridgehead atoms. The summed E-state index contributed by atoms with van der Waals surface area (Å²) >= 11 is 0. The summed E-state index contributed by atoms with van der Waals surface area (Å²) in [5, 5.41) is 3.65. The SMILES string of the molecule is CCOC(=O)C(CC)(NC1CCCC1)C1CC1. The minimum Gasteiger partial charge on any atom is -0.465 e. The van der Waals surface area contributed by atoms with Crippen molar-refractivity contribution in [2.75, 3.05) is 6.61 Å². The maximum Gasteiger partial charge on any atom is 0.326 e. The number of ether oxygens (including phenoxy) is 1. The average molecular weight is 239 g/mol. The van der Waals surface area contributed by atoms with E-state index < -0.39 is 0 Å². The summed E-state index contributed by atoms with van der Waals surface area (Å²) in [5.74, 6) is 0.490. The van der Waals surface area contributed by atoms with E-state index in [1.807, 2.05) is 6.92 Å². The van der Waals surface area contributed by atoms with Gasteiger partial charge in [-0.2, -0.15) is 0 Å². The van der Waals surface area contributed by atoms with Crippen LogP contribution in [0.2, 0.25) is 0 Å². The van der Waals surface area contributed by atoms with Crippen LogP contribution in [0.3, 0.4) is 0 Å². The Kier molecular flexibility index (Phi) is 4.08. The van der Waals surface area contributed by atoms with Crippen LogP contribution in [0.5, 0.6) is 0 Å². The molecule has 2 fully saturated rings. The highest BCUT2D eigenvalue weighted by Gasteiger charge is 2.51. The zero-order chi connectivity index (χ0) is 12.3. The number of hydrogen-bond acceptors (Lipinski definition) is 3. The van der Waals surface area contributed by atoms with Crippen molar-refractivity contribution >= 4 is 5.97 Å². The molecular formula is C14H25NO2. The maximum absolute atomic E-state index is 12.3. The molecule has 2 aliphatic rings. The van der Waals surface area contributed by atoms with Gasteiger partial charge in [0, 0.05) is 6.04 Å². The minimum atomic E-state index is -0.384. The molecule has 2 saturated carbocycles. The highest BCUT2D eigenvalue weighted by atomic mass is 16.5. The van der Waals surface area contributed by atoms with Gasteiger partial charge in [0.15, 0.2) is 0 Å². The highest BCUT2D eigenvalue weighted by Crippen LogP contribution is 2.43. The molecule has 3 heteroatoms. The van der Waals surface area contributed by atoms with Gasteiger partial charge in [-0.3, -0.25) is 10.1 Å². The lowest BCUT2D eigenvalue weighted by atomic mass is 9.88. The molecule has 2 aliphatic carbocycles. The Morgan fingerprint density at radius 1 is 1.24 bits per heavy atom. The Labute approximate surface area is 104 Å². The third kappa shape index (κ3) is 2.65. The number of rotatable bonds is 6. The predicted octanol–water partition coefficient (Wildman–Crippen LogP) is 2.64. The van der Waals surface area contributed by atoms with Crippen LogP contribution in [0.25, 0.3) is 0 Å². The number of carbonyl (C=O) groups is 1. The summed E-state index contributed by atoms with van der Waals surface area (Å²) in [6, 6.07) is 0.528. The van der Waals surface area contributed by atoms with Crippen molar-refractivity contribution in [1.82, 2.24) is 5.32 Å². The zero-order valence-corrected chi connectivity index (χ0v) is 11.1. The van der Waals surface area contributed by atoms with Gasteiger partial charge >= 0.3 is 5.97 Å². The third-order valence-electron chi connectivity index (χ3n) is 4.29. The van der Waals surface area contributed by atoms with Crippen molar-refractivity contribution in [3.05, 3.63) is 0 Å². The summed E-state index contributed by atoms with van der Waals surface area (Å²) in [6.45, 7) is 4.48. The third-order valence-corrected chi connectivity index (χ3v) is 4.29. The fourth-order valence-corrected chi connectivity index (χ4v) is 3.15. The van der Waals surface area contributed by atoms with Gasteiger partial charge in [0.1, 0.15) is 5.54 Å². The largest absolute Gasteiger partial charge is 0.465 e. The molecule has 0 saturated heterocycles. The van der Waals surface area contributed by atoms with Gasteiger partial charge in [-0.25, -0.2) is 0 Å². The Morgan fingerprint density at radius 2 is 1.88 bits per heavy atom. The highest BCUT2D eigenvalue weighted by molar-refractivity contribution is 5.82. The molecule has 0 aliphatic heterocycles. The molecule has 0 amide bonds. The summed E-state index contributed by atoms with van der Waals surface area (Å²) < 4.78 is 5.31. The van der Waals surface area contributed by atoms with Gasteiger partial charge < -0.3 is 4.74 Å². The number of carbonyl (C=O) groups excluding carboxylic acids is 1. The van der Waals surface area contributed by atoms with E-state index in [0.29, 0.717) is 18.6 Å². The molecule has 98 valence electrons. The zero-order valence-electron chi connectivity index (χ0n) is 11.1. The van der Waals surface area contributed by atoms with Crippen LogP contribution in [0.15, 0.2) is 0 Å². The van der Waals surface area contributed by atoms with E-state index >= 15 is 0 Å². The van der Waals surface area contributed by atoms with Crippen molar-refractivity contribution in [2.24, 2.45) is 5.92 Å². The molecule has 2 rings (SSSR count). The van der Waals surface area contributed by atoms with Gasteiger partial charge in [-0.1, -0.05) is 19.8 Å². The molecule has 3 nitrogen and oxygen atoms in total. The lowest BCUT2D eigenvalue weighted by Gasteiger charge is -2.34. The van der Waals surface area contributed by atoms with Crippen LogP contribution in [0.1, 0.15) is 58.8 Å². The second-order valence-electron chi connectivity index (χ2n) is 5.45. The number of esters is 1. The normalized spacial score (nSPS) is 24.6. The van der Waals surface area contributed by atoms with Crippen molar-refractivity contribution in [3.63, 3.8) is 0 Å². The fourth-order valence-electron chi connectivity index (χ4n) is 3.15. The standard InChI is InChI=1S/C14H25NO2/c1-3-14(11-9-10-11,13(16)17-4-2)15-12-7-5-6-8-12/h11-12,15H,3-10H2,1-2H3. The van der Waals surface area contributed by atoms with E-state index in [4.69, 9.17) is 4.74 Å². The van der Waals surface area contributed by atoms with E-state index in [-0.39, 0.29) is 11.5 Å². The van der Waals surface area contributed by atoms with Crippen molar-refractivity contribution in [3.8, 4) is 0 Å². The maximum atomic E-state index is 12.3. The first-order valence-electron chi connectivity index (χ1n) is 7.18. The van der Waals surface area contributed by atoms with Crippen LogP contribution in [0, 0.1) is 5.92 Å². The molecule has 1 atom stereocenters. The monoisotopic (exact) mass is 239 g/mol. The van der Waals surface area contributed by atoms with Crippen LogP contribution in [-0.4, -0.2) is 24.2 Å². The molecule has 0 aromatic rings. The van der Waals surface area contributed by atoms with E-state index in [0.717, 1.165) is 6.42 Å². The van der Waals surface area contributed by atoms with Gasteiger partial charge in [0.05, 0.1) is 6.61 Å². The molecule has 0 aromatic carbocycles. The molecule has 0 aromatic heterocycles. The molecule has 1 unspecified atom stereocenters. The van der Waals surface area contributed by atoms with Crippen LogP contribution >= 0.6 is 0 Å². The Balaban J connectivity index is 2.06. The summed E-state index contributed by atoms with van der Waals surface area (Å²) in [7, 11) is 0. The smallest absolute Gasteiger partial charge is 0.326 e. The topological polar surface area (TPSA) is 38.3 Å². The second kappa shape index (κ2) is 5.38. The quantitative estimate of drug-likeness (QED) is 0.724. The molecule has 0 heterocycles. The van der Waals surface area contributed by atoms with Gasteiger partial charge in [0.2, 0.25) is 0 Å². The van der Waals surface area contributed by atoms with Crippen LogP contribution < -0.4 is 5.32 Å². The summed E-state index contributed by atoms with van der Waals surface area (Å²) in [6.07, 6.45) is 8.23. The van der Waals surface area contributed by atoms with Crippen molar-refractivity contribution < 1.29 is 9.53 Å². The molecular weight excluding hydrogens is 214 g/mol. The predicted molar refractivity (Wildman–Crippen MR) is 67.8 cm³/mol. The number of hydrogen-bond donors (Lipinski definition) is 1. The average Bonchev–Trinajstić information content (AvgIpc) is 3.05. The van der Waals surface area contributed by atoms with Crippen LogP contribution in [0.4, 0.5) is 0 Å². The summed E-state index contributed by atoms with van der Waals surface area (Å²) in [4.78, 5) is 12.3. The van der Waals surface area contributed by atoms with E-state index in [9.17, 15) is 4.79 Å². The fraction of sp³-hybridized carbons (Fsp3) is 0.929.